The molecule has 0 unspecified atom stereocenters. The van der Waals surface area contributed by atoms with E-state index in [0.29, 0.717) is 29.1 Å². The third kappa shape index (κ3) is 4.09. The lowest BCUT2D eigenvalue weighted by atomic mass is 10.2. The van der Waals surface area contributed by atoms with Crippen LogP contribution < -0.4 is 15.4 Å². The van der Waals surface area contributed by atoms with Crippen molar-refractivity contribution in [2.75, 3.05) is 17.7 Å². The Labute approximate surface area is 129 Å². The fourth-order valence-corrected chi connectivity index (χ4v) is 1.85. The second-order valence-electron chi connectivity index (χ2n) is 4.67. The Morgan fingerprint density at radius 1 is 1.00 bits per heavy atom. The van der Waals surface area contributed by atoms with Gasteiger partial charge >= 0.3 is 0 Å². The second kappa shape index (κ2) is 7.26. The van der Waals surface area contributed by atoms with E-state index in [9.17, 15) is 9.59 Å². The molecule has 114 valence electrons. The molecule has 0 aliphatic heterocycles. The summed E-state index contributed by atoms with van der Waals surface area (Å²) in [4.78, 5) is 23.5. The molecule has 2 aromatic rings. The van der Waals surface area contributed by atoms with Gasteiger partial charge in [0.2, 0.25) is 5.91 Å². The second-order valence-corrected chi connectivity index (χ2v) is 4.67. The zero-order valence-electron chi connectivity index (χ0n) is 12.6. The van der Waals surface area contributed by atoms with Gasteiger partial charge in [0.05, 0.1) is 7.11 Å². The molecule has 0 saturated heterocycles. The number of nitrogens with one attached hydrogen (secondary N) is 2. The number of hydrogen-bond donors (Lipinski definition) is 2. The van der Waals surface area contributed by atoms with E-state index in [0.717, 1.165) is 0 Å². The quantitative estimate of drug-likeness (QED) is 0.890. The summed E-state index contributed by atoms with van der Waals surface area (Å²) in [6.45, 7) is 1.79. The van der Waals surface area contributed by atoms with Crippen LogP contribution in [0.3, 0.4) is 0 Å². The molecular formula is C17H18N2O3. The predicted molar refractivity (Wildman–Crippen MR) is 86.3 cm³/mol. The van der Waals surface area contributed by atoms with E-state index < -0.39 is 0 Å². The highest BCUT2D eigenvalue weighted by molar-refractivity contribution is 6.04. The standard InChI is InChI=1S/C17H18N2O3/c1-3-16(20)18-13-7-9-14(10-8-13)19-17(21)12-5-4-6-15(11-12)22-2/h4-11H,3H2,1-2H3,(H,18,20)(H,19,21). The van der Waals surface area contributed by atoms with Crippen molar-refractivity contribution < 1.29 is 14.3 Å². The Morgan fingerprint density at radius 2 is 1.64 bits per heavy atom. The maximum atomic E-state index is 12.2. The van der Waals surface area contributed by atoms with Gasteiger partial charge in [0.25, 0.3) is 5.91 Å². The van der Waals surface area contributed by atoms with E-state index >= 15 is 0 Å². The molecule has 0 fully saturated rings. The third-order valence-electron chi connectivity index (χ3n) is 3.08. The van der Waals surface area contributed by atoms with Crippen LogP contribution in [0.2, 0.25) is 0 Å². The number of amides is 2. The number of methoxy groups -OCH3 is 1. The van der Waals surface area contributed by atoms with Crippen molar-refractivity contribution >= 4 is 23.2 Å². The van der Waals surface area contributed by atoms with Gasteiger partial charge in [-0.3, -0.25) is 9.59 Å². The molecule has 2 amide bonds. The van der Waals surface area contributed by atoms with Crippen LogP contribution in [0.15, 0.2) is 48.5 Å². The van der Waals surface area contributed by atoms with Gasteiger partial charge in [-0.25, -0.2) is 0 Å². The molecule has 0 atom stereocenters. The fourth-order valence-electron chi connectivity index (χ4n) is 1.85. The molecule has 0 aromatic heterocycles. The lowest BCUT2D eigenvalue weighted by Gasteiger charge is -2.08. The topological polar surface area (TPSA) is 67.4 Å². The summed E-state index contributed by atoms with van der Waals surface area (Å²) in [6.07, 6.45) is 0.425. The highest BCUT2D eigenvalue weighted by Crippen LogP contribution is 2.17. The van der Waals surface area contributed by atoms with Gasteiger partial charge in [-0.1, -0.05) is 13.0 Å². The van der Waals surface area contributed by atoms with Crippen LogP contribution in [0, 0.1) is 0 Å². The Hall–Kier alpha value is -2.82. The molecule has 22 heavy (non-hydrogen) atoms. The summed E-state index contributed by atoms with van der Waals surface area (Å²) >= 11 is 0. The molecule has 0 saturated carbocycles. The fraction of sp³-hybridized carbons (Fsp3) is 0.176. The average molecular weight is 298 g/mol. The highest BCUT2D eigenvalue weighted by Gasteiger charge is 2.07. The molecule has 0 bridgehead atoms. The summed E-state index contributed by atoms with van der Waals surface area (Å²) in [5.41, 5.74) is 1.87. The highest BCUT2D eigenvalue weighted by atomic mass is 16.5. The largest absolute Gasteiger partial charge is 0.497 e. The Morgan fingerprint density at radius 3 is 2.23 bits per heavy atom. The van der Waals surface area contributed by atoms with Gasteiger partial charge < -0.3 is 15.4 Å². The van der Waals surface area contributed by atoms with Crippen LogP contribution in [-0.2, 0) is 4.79 Å². The van der Waals surface area contributed by atoms with Crippen molar-refractivity contribution in [2.45, 2.75) is 13.3 Å². The monoisotopic (exact) mass is 298 g/mol. The molecule has 2 aromatic carbocycles. The SMILES string of the molecule is CCC(=O)Nc1ccc(NC(=O)c2cccc(OC)c2)cc1. The number of anilines is 2. The number of ether oxygens (including phenoxy) is 1. The molecule has 5 nitrogen and oxygen atoms in total. The maximum Gasteiger partial charge on any atom is 0.255 e. The van der Waals surface area contributed by atoms with E-state index in [1.807, 2.05) is 0 Å². The first-order valence-corrected chi connectivity index (χ1v) is 6.97. The van der Waals surface area contributed by atoms with E-state index in [1.54, 1.807) is 62.6 Å². The van der Waals surface area contributed by atoms with Crippen LogP contribution >= 0.6 is 0 Å². The lowest BCUT2D eigenvalue weighted by molar-refractivity contribution is -0.115. The van der Waals surface area contributed by atoms with E-state index in [4.69, 9.17) is 4.74 Å². The number of rotatable bonds is 5. The maximum absolute atomic E-state index is 12.2. The minimum Gasteiger partial charge on any atom is -0.497 e. The zero-order valence-corrected chi connectivity index (χ0v) is 12.6. The summed E-state index contributed by atoms with van der Waals surface area (Å²) < 4.78 is 5.10. The molecule has 2 rings (SSSR count). The lowest BCUT2D eigenvalue weighted by Crippen LogP contribution is -2.12. The van der Waals surface area contributed by atoms with Gasteiger partial charge in [-0.15, -0.1) is 0 Å². The van der Waals surface area contributed by atoms with Crippen LogP contribution in [-0.4, -0.2) is 18.9 Å². The van der Waals surface area contributed by atoms with Crippen molar-refractivity contribution in [3.05, 3.63) is 54.1 Å². The molecular weight excluding hydrogens is 280 g/mol. The first-order valence-electron chi connectivity index (χ1n) is 6.97. The van der Waals surface area contributed by atoms with Crippen molar-refractivity contribution in [1.29, 1.82) is 0 Å². The van der Waals surface area contributed by atoms with Crippen molar-refractivity contribution in [2.24, 2.45) is 0 Å². The van der Waals surface area contributed by atoms with Crippen LogP contribution in [0.5, 0.6) is 5.75 Å². The number of carbonyl (C=O) groups excluding carboxylic acids is 2. The van der Waals surface area contributed by atoms with Gasteiger partial charge in [-0.05, 0) is 42.5 Å². The van der Waals surface area contributed by atoms with E-state index in [2.05, 4.69) is 10.6 Å². The zero-order chi connectivity index (χ0) is 15.9. The molecule has 2 N–H and O–H groups in total. The molecule has 0 aliphatic carbocycles. The summed E-state index contributed by atoms with van der Waals surface area (Å²) in [5.74, 6) is 0.364. The van der Waals surface area contributed by atoms with E-state index in [-0.39, 0.29) is 11.8 Å². The van der Waals surface area contributed by atoms with E-state index in [1.165, 1.54) is 0 Å². The number of benzene rings is 2. The van der Waals surface area contributed by atoms with Gasteiger partial charge in [0.15, 0.2) is 0 Å². The number of hydrogen-bond acceptors (Lipinski definition) is 3. The van der Waals surface area contributed by atoms with Gasteiger partial charge in [0, 0.05) is 23.4 Å². The van der Waals surface area contributed by atoms with Gasteiger partial charge in [-0.2, -0.15) is 0 Å². The Bertz CT molecular complexity index is 666. The molecule has 0 spiro atoms. The molecule has 0 radical (unpaired) electrons. The first-order chi connectivity index (χ1) is 10.6. The molecule has 0 aliphatic rings. The van der Waals surface area contributed by atoms with Crippen LogP contribution in [0.25, 0.3) is 0 Å². The van der Waals surface area contributed by atoms with Crippen molar-refractivity contribution in [1.82, 2.24) is 0 Å². The summed E-state index contributed by atoms with van der Waals surface area (Å²) in [6, 6.07) is 13.9. The normalized spacial score (nSPS) is 9.91. The van der Waals surface area contributed by atoms with Gasteiger partial charge in [0.1, 0.15) is 5.75 Å². The summed E-state index contributed by atoms with van der Waals surface area (Å²) in [5, 5.41) is 5.55. The van der Waals surface area contributed by atoms with Crippen molar-refractivity contribution in [3.63, 3.8) is 0 Å². The third-order valence-corrected chi connectivity index (χ3v) is 3.08. The minimum absolute atomic E-state index is 0.0480. The minimum atomic E-state index is -0.218. The van der Waals surface area contributed by atoms with Crippen LogP contribution in [0.4, 0.5) is 11.4 Å². The van der Waals surface area contributed by atoms with Crippen LogP contribution in [0.1, 0.15) is 23.7 Å². The Balaban J connectivity index is 2.03. The average Bonchev–Trinajstić information content (AvgIpc) is 2.56. The Kier molecular flexibility index (Phi) is 5.14. The van der Waals surface area contributed by atoms with Crippen molar-refractivity contribution in [3.8, 4) is 5.75 Å². The summed E-state index contributed by atoms with van der Waals surface area (Å²) in [7, 11) is 1.56. The molecule has 5 heteroatoms. The predicted octanol–water partition coefficient (Wildman–Crippen LogP) is 3.30. The number of carbonyl (C=O) groups is 2. The smallest absolute Gasteiger partial charge is 0.255 e. The molecule has 0 heterocycles. The first kappa shape index (κ1) is 15.6.